The van der Waals surface area contributed by atoms with E-state index in [0.29, 0.717) is 10.9 Å². The number of nitrogens with one attached hydrogen (secondary N) is 3. The lowest BCUT2D eigenvalue weighted by molar-refractivity contribution is -0.396. The number of aryl methyl sites for hydroxylation is 1. The maximum absolute atomic E-state index is 11.9. The van der Waals surface area contributed by atoms with Crippen molar-refractivity contribution >= 4 is 45.2 Å². The van der Waals surface area contributed by atoms with Crippen molar-refractivity contribution in [3.8, 4) is 0 Å². The molecular formula is C13H14N5OS2+. The number of thioether (sulfide) groups is 1. The second kappa shape index (κ2) is 6.23. The summed E-state index contributed by atoms with van der Waals surface area (Å²) in [6.07, 6.45) is 0.826. The largest absolute Gasteiger partial charge is 0.315 e. The lowest BCUT2D eigenvalue weighted by Gasteiger charge is -1.96. The van der Waals surface area contributed by atoms with Gasteiger partial charge in [0.2, 0.25) is 11.0 Å². The summed E-state index contributed by atoms with van der Waals surface area (Å²) in [5.41, 5.74) is 2.05. The first-order valence-electron chi connectivity index (χ1n) is 6.49. The first kappa shape index (κ1) is 14.0. The van der Waals surface area contributed by atoms with E-state index in [0.717, 1.165) is 27.6 Å². The standard InChI is InChI=1S/C13H13N5OS2/c1-2-11-17-18-13(21-11)16-10(19)7-20-12-14-8-5-3-4-6-9(8)15-12/h3-6H,2,7H2,1H3,(H,14,15)(H,16,18,19)/p+1. The molecule has 0 fully saturated rings. The third-order valence-electron chi connectivity index (χ3n) is 2.79. The first-order valence-corrected chi connectivity index (χ1v) is 8.30. The van der Waals surface area contributed by atoms with E-state index in [-0.39, 0.29) is 5.91 Å². The van der Waals surface area contributed by atoms with Crippen LogP contribution < -0.4 is 10.3 Å². The van der Waals surface area contributed by atoms with E-state index in [2.05, 4.69) is 25.5 Å². The van der Waals surface area contributed by atoms with E-state index in [9.17, 15) is 4.79 Å². The van der Waals surface area contributed by atoms with E-state index >= 15 is 0 Å². The molecule has 108 valence electrons. The molecular weight excluding hydrogens is 306 g/mol. The van der Waals surface area contributed by atoms with Crippen molar-refractivity contribution in [3.05, 3.63) is 29.3 Å². The van der Waals surface area contributed by atoms with Gasteiger partial charge >= 0.3 is 5.16 Å². The number of para-hydroxylation sites is 2. The molecule has 0 atom stereocenters. The summed E-state index contributed by atoms with van der Waals surface area (Å²) in [5.74, 6) is 0.218. The minimum atomic E-state index is -0.0918. The number of H-pyrrole nitrogens is 2. The second-order valence-corrected chi connectivity index (χ2v) is 6.36. The van der Waals surface area contributed by atoms with Crippen LogP contribution in [0.25, 0.3) is 11.0 Å². The molecule has 21 heavy (non-hydrogen) atoms. The number of hydrogen-bond acceptors (Lipinski definition) is 5. The molecule has 6 nitrogen and oxygen atoms in total. The first-order chi connectivity index (χ1) is 10.2. The van der Waals surface area contributed by atoms with E-state index in [4.69, 9.17) is 0 Å². The minimum Gasteiger partial charge on any atom is -0.300 e. The van der Waals surface area contributed by atoms with Crippen LogP contribution in [0.5, 0.6) is 0 Å². The maximum atomic E-state index is 11.9. The number of aromatic amines is 2. The molecule has 2 heterocycles. The van der Waals surface area contributed by atoms with E-state index in [1.54, 1.807) is 0 Å². The molecule has 0 aliphatic rings. The summed E-state index contributed by atoms with van der Waals surface area (Å²) >= 11 is 2.83. The van der Waals surface area contributed by atoms with Gasteiger partial charge in [0.15, 0.2) is 11.0 Å². The third kappa shape index (κ3) is 3.40. The van der Waals surface area contributed by atoms with Gasteiger partial charge in [-0.2, -0.15) is 0 Å². The van der Waals surface area contributed by atoms with Crippen LogP contribution in [0.4, 0.5) is 5.13 Å². The van der Waals surface area contributed by atoms with Gasteiger partial charge in [-0.25, -0.2) is 9.97 Å². The minimum absolute atomic E-state index is 0.0918. The molecule has 0 unspecified atom stereocenters. The molecule has 0 aliphatic carbocycles. The smallest absolute Gasteiger partial charge is 0.300 e. The maximum Gasteiger partial charge on any atom is 0.315 e. The molecule has 8 heteroatoms. The number of aromatic nitrogens is 4. The molecule has 0 bridgehead atoms. The van der Waals surface area contributed by atoms with Gasteiger partial charge in [0.1, 0.15) is 5.01 Å². The fourth-order valence-electron chi connectivity index (χ4n) is 1.79. The van der Waals surface area contributed by atoms with Gasteiger partial charge in [0, 0.05) is 0 Å². The van der Waals surface area contributed by atoms with Crippen LogP contribution in [0.3, 0.4) is 0 Å². The van der Waals surface area contributed by atoms with Gasteiger partial charge in [0.25, 0.3) is 0 Å². The second-order valence-electron chi connectivity index (χ2n) is 4.32. The van der Waals surface area contributed by atoms with Gasteiger partial charge in [0.05, 0.1) is 5.75 Å². The molecule has 0 radical (unpaired) electrons. The van der Waals surface area contributed by atoms with Crippen molar-refractivity contribution in [1.82, 2.24) is 15.2 Å². The fraction of sp³-hybridized carbons (Fsp3) is 0.231. The van der Waals surface area contributed by atoms with Gasteiger partial charge in [-0.15, -0.1) is 10.2 Å². The van der Waals surface area contributed by atoms with E-state index in [1.165, 1.54) is 23.1 Å². The van der Waals surface area contributed by atoms with Gasteiger partial charge in [-0.1, -0.05) is 30.4 Å². The average molecular weight is 320 g/mol. The summed E-state index contributed by atoms with van der Waals surface area (Å²) in [6.45, 7) is 2.01. The highest BCUT2D eigenvalue weighted by atomic mass is 32.2. The zero-order valence-electron chi connectivity index (χ0n) is 11.3. The van der Waals surface area contributed by atoms with Crippen LogP contribution in [0.1, 0.15) is 11.9 Å². The summed E-state index contributed by atoms with van der Waals surface area (Å²) in [6, 6.07) is 7.91. The zero-order chi connectivity index (χ0) is 14.7. The Morgan fingerprint density at radius 1 is 1.43 bits per heavy atom. The van der Waals surface area contributed by atoms with Crippen molar-refractivity contribution in [2.75, 3.05) is 11.1 Å². The van der Waals surface area contributed by atoms with Crippen LogP contribution >= 0.6 is 23.1 Å². The van der Waals surface area contributed by atoms with Crippen molar-refractivity contribution in [2.24, 2.45) is 0 Å². The van der Waals surface area contributed by atoms with Crippen LogP contribution in [-0.4, -0.2) is 26.8 Å². The Morgan fingerprint density at radius 2 is 2.29 bits per heavy atom. The monoisotopic (exact) mass is 320 g/mol. The van der Waals surface area contributed by atoms with Gasteiger partial charge < -0.3 is 0 Å². The Labute approximate surface area is 129 Å². The number of hydrogen-bond donors (Lipinski definition) is 2. The van der Waals surface area contributed by atoms with Crippen molar-refractivity contribution in [1.29, 1.82) is 0 Å². The number of rotatable bonds is 5. The SMILES string of the molecule is CCc1nnc(NC(=O)CSc2[nH]c3ccccc3[nH+]2)s1. The van der Waals surface area contributed by atoms with Crippen LogP contribution in [0, 0.1) is 0 Å². The molecule has 0 saturated carbocycles. The highest BCUT2D eigenvalue weighted by Gasteiger charge is 2.13. The highest BCUT2D eigenvalue weighted by Crippen LogP contribution is 2.18. The van der Waals surface area contributed by atoms with E-state index in [1.807, 2.05) is 31.2 Å². The third-order valence-corrected chi connectivity index (χ3v) is 4.67. The van der Waals surface area contributed by atoms with Gasteiger partial charge in [-0.3, -0.25) is 10.1 Å². The Morgan fingerprint density at radius 3 is 3.05 bits per heavy atom. The number of anilines is 1. The average Bonchev–Trinajstić information content (AvgIpc) is 3.10. The molecule has 2 aromatic heterocycles. The summed E-state index contributed by atoms with van der Waals surface area (Å²) < 4.78 is 0. The van der Waals surface area contributed by atoms with Crippen LogP contribution in [-0.2, 0) is 11.2 Å². The molecule has 1 amide bonds. The Hall–Kier alpha value is -1.93. The lowest BCUT2D eigenvalue weighted by Crippen LogP contribution is -2.15. The number of nitrogens with zero attached hydrogens (tertiary/aromatic N) is 2. The van der Waals surface area contributed by atoms with Crippen LogP contribution in [0.2, 0.25) is 0 Å². The number of fused-ring (bicyclic) bond motifs is 1. The number of benzene rings is 1. The predicted molar refractivity (Wildman–Crippen MR) is 83.5 cm³/mol. The molecule has 3 rings (SSSR count). The van der Waals surface area contributed by atoms with E-state index < -0.39 is 0 Å². The Balaban J connectivity index is 1.57. The molecule has 3 aromatic rings. The summed E-state index contributed by atoms with van der Waals surface area (Å²) in [4.78, 5) is 18.3. The van der Waals surface area contributed by atoms with Crippen molar-refractivity contribution in [2.45, 2.75) is 18.5 Å². The van der Waals surface area contributed by atoms with Crippen LogP contribution in [0.15, 0.2) is 29.4 Å². The quantitative estimate of drug-likeness (QED) is 0.705. The Kier molecular flexibility index (Phi) is 4.16. The van der Waals surface area contributed by atoms with Crippen molar-refractivity contribution in [3.63, 3.8) is 0 Å². The normalized spacial score (nSPS) is 10.9. The zero-order valence-corrected chi connectivity index (χ0v) is 13.0. The molecule has 0 aliphatic heterocycles. The number of carbonyl (C=O) groups excluding carboxylic acids is 1. The van der Waals surface area contributed by atoms with Crippen molar-refractivity contribution < 1.29 is 9.78 Å². The fourth-order valence-corrected chi connectivity index (χ4v) is 3.20. The van der Waals surface area contributed by atoms with Gasteiger partial charge in [-0.05, 0) is 30.3 Å². The highest BCUT2D eigenvalue weighted by molar-refractivity contribution is 7.99. The number of carbonyl (C=O) groups is 1. The molecule has 1 aromatic carbocycles. The number of amides is 1. The molecule has 3 N–H and O–H groups in total. The molecule has 0 spiro atoms. The Bertz CT molecular complexity index is 734. The summed E-state index contributed by atoms with van der Waals surface area (Å²) in [5, 5.41) is 13.0. The molecule has 0 saturated heterocycles. The predicted octanol–water partition coefficient (Wildman–Crippen LogP) is 2.13. The lowest BCUT2D eigenvalue weighted by atomic mass is 10.3. The topological polar surface area (TPSA) is 84.8 Å². The summed E-state index contributed by atoms with van der Waals surface area (Å²) in [7, 11) is 0. The number of imidazole rings is 1.